The van der Waals surface area contributed by atoms with Gasteiger partial charge in [-0.05, 0) is 54.8 Å². The third-order valence-electron chi connectivity index (χ3n) is 3.56. The Kier molecular flexibility index (Phi) is 6.86. The fourth-order valence-electron chi connectivity index (χ4n) is 2.04. The summed E-state index contributed by atoms with van der Waals surface area (Å²) in [7, 11) is -4.47. The van der Waals surface area contributed by atoms with Crippen LogP contribution < -0.4 is 15.0 Å². The molecule has 0 spiro atoms. The number of benzene rings is 2. The smallest absolute Gasteiger partial charge is 0.266 e. The molecule has 27 heavy (non-hydrogen) atoms. The Morgan fingerprint density at radius 3 is 2.41 bits per heavy atom. The molecule has 0 saturated heterocycles. The Morgan fingerprint density at radius 1 is 1.11 bits per heavy atom. The van der Waals surface area contributed by atoms with E-state index in [0.717, 1.165) is 12.5 Å². The Hall–Kier alpha value is -2.52. The van der Waals surface area contributed by atoms with Crippen LogP contribution in [-0.2, 0) is 10.0 Å². The van der Waals surface area contributed by atoms with Gasteiger partial charge in [-0.25, -0.2) is 17.2 Å². The van der Waals surface area contributed by atoms with Gasteiger partial charge in [0.05, 0.1) is 6.61 Å². The number of carbonyl (C=O) groups is 1. The lowest BCUT2D eigenvalue weighted by Gasteiger charge is -2.10. The van der Waals surface area contributed by atoms with Crippen molar-refractivity contribution in [1.82, 2.24) is 10.3 Å². The molecule has 0 bridgehead atoms. The first-order valence-electron chi connectivity index (χ1n) is 8.19. The van der Waals surface area contributed by atoms with Crippen molar-refractivity contribution >= 4 is 15.9 Å². The Bertz CT molecular complexity index is 900. The van der Waals surface area contributed by atoms with Crippen LogP contribution in [0.15, 0.2) is 47.4 Å². The number of halogens is 2. The molecule has 2 N–H and O–H groups in total. The standard InChI is InChI=1S/C18H20F2N2O4S/c1-12(2)9-10-26-15-6-3-13(4-7-15)18(23)21-22-27(24,25)17-11-14(19)5-8-16(17)20/h3-8,11-12,22H,9-10H2,1-2H3,(H,21,23). The monoisotopic (exact) mass is 398 g/mol. The number of nitrogens with one attached hydrogen (secondary N) is 2. The Morgan fingerprint density at radius 2 is 1.78 bits per heavy atom. The summed E-state index contributed by atoms with van der Waals surface area (Å²) in [4.78, 5) is 12.9. The van der Waals surface area contributed by atoms with Gasteiger partial charge < -0.3 is 4.74 Å². The van der Waals surface area contributed by atoms with Crippen LogP contribution in [0.25, 0.3) is 0 Å². The lowest BCUT2D eigenvalue weighted by atomic mass is 10.1. The SMILES string of the molecule is CC(C)CCOc1ccc(C(=O)NNS(=O)(=O)c2cc(F)ccc2F)cc1. The maximum absolute atomic E-state index is 13.6. The number of rotatable bonds is 8. The van der Waals surface area contributed by atoms with Gasteiger partial charge in [-0.2, -0.15) is 0 Å². The van der Waals surface area contributed by atoms with Gasteiger partial charge in [0.1, 0.15) is 22.3 Å². The second kappa shape index (κ2) is 8.92. The van der Waals surface area contributed by atoms with E-state index in [1.54, 1.807) is 17.0 Å². The summed E-state index contributed by atoms with van der Waals surface area (Å²) < 4.78 is 56.3. The summed E-state index contributed by atoms with van der Waals surface area (Å²) in [6, 6.07) is 8.06. The summed E-state index contributed by atoms with van der Waals surface area (Å²) in [6.07, 6.45) is 0.890. The van der Waals surface area contributed by atoms with Crippen LogP contribution in [-0.4, -0.2) is 20.9 Å². The van der Waals surface area contributed by atoms with Crippen LogP contribution in [0.4, 0.5) is 8.78 Å². The van der Waals surface area contributed by atoms with Gasteiger partial charge in [0.2, 0.25) is 0 Å². The minimum Gasteiger partial charge on any atom is -0.494 e. The van der Waals surface area contributed by atoms with Crippen molar-refractivity contribution in [2.24, 2.45) is 5.92 Å². The number of amides is 1. The lowest BCUT2D eigenvalue weighted by Crippen LogP contribution is -2.41. The molecule has 0 atom stereocenters. The summed E-state index contributed by atoms with van der Waals surface area (Å²) in [6.45, 7) is 4.70. The van der Waals surface area contributed by atoms with E-state index in [-0.39, 0.29) is 5.56 Å². The predicted molar refractivity (Wildman–Crippen MR) is 95.5 cm³/mol. The number of hydrazine groups is 1. The maximum Gasteiger partial charge on any atom is 0.266 e. The molecule has 0 saturated carbocycles. The van der Waals surface area contributed by atoms with E-state index >= 15 is 0 Å². The zero-order chi connectivity index (χ0) is 20.0. The molecule has 0 unspecified atom stereocenters. The molecule has 0 aliphatic heterocycles. The second-order valence-corrected chi connectivity index (χ2v) is 7.84. The van der Waals surface area contributed by atoms with Crippen molar-refractivity contribution < 1.29 is 26.7 Å². The number of ether oxygens (including phenoxy) is 1. The summed E-state index contributed by atoms with van der Waals surface area (Å²) in [5, 5.41) is 0. The number of hydrogen-bond acceptors (Lipinski definition) is 4. The van der Waals surface area contributed by atoms with Gasteiger partial charge >= 0.3 is 0 Å². The number of carbonyl (C=O) groups excluding carboxylic acids is 1. The first-order valence-corrected chi connectivity index (χ1v) is 9.67. The zero-order valence-corrected chi connectivity index (χ0v) is 15.6. The number of sulfonamides is 1. The zero-order valence-electron chi connectivity index (χ0n) is 14.8. The van der Waals surface area contributed by atoms with Crippen LogP contribution >= 0.6 is 0 Å². The van der Waals surface area contributed by atoms with Crippen molar-refractivity contribution in [2.75, 3.05) is 6.61 Å². The average molecular weight is 398 g/mol. The molecule has 146 valence electrons. The molecule has 0 aromatic heterocycles. The third-order valence-corrected chi connectivity index (χ3v) is 4.82. The van der Waals surface area contributed by atoms with Gasteiger partial charge in [0, 0.05) is 5.56 Å². The minimum atomic E-state index is -4.47. The summed E-state index contributed by atoms with van der Waals surface area (Å²) >= 11 is 0. The van der Waals surface area contributed by atoms with Crippen LogP contribution in [0, 0.1) is 17.6 Å². The fraction of sp³-hybridized carbons (Fsp3) is 0.278. The Labute approximate surface area is 156 Å². The van der Waals surface area contributed by atoms with E-state index in [1.807, 2.05) is 5.43 Å². The first-order chi connectivity index (χ1) is 12.7. The van der Waals surface area contributed by atoms with Gasteiger partial charge in [0.15, 0.2) is 0 Å². The lowest BCUT2D eigenvalue weighted by molar-refractivity contribution is 0.0945. The Balaban J connectivity index is 1.97. The quantitative estimate of drug-likeness (QED) is 0.670. The highest BCUT2D eigenvalue weighted by molar-refractivity contribution is 7.89. The molecular weight excluding hydrogens is 378 g/mol. The van der Waals surface area contributed by atoms with Gasteiger partial charge in [0.25, 0.3) is 15.9 Å². The molecule has 1 amide bonds. The second-order valence-electron chi connectivity index (χ2n) is 6.19. The molecule has 6 nitrogen and oxygen atoms in total. The van der Waals surface area contributed by atoms with Crippen molar-refractivity contribution in [2.45, 2.75) is 25.2 Å². The molecule has 0 fully saturated rings. The van der Waals surface area contributed by atoms with Crippen molar-refractivity contribution in [1.29, 1.82) is 0 Å². The number of hydrogen-bond donors (Lipinski definition) is 2. The normalized spacial score (nSPS) is 11.4. The average Bonchev–Trinajstić information content (AvgIpc) is 2.62. The van der Waals surface area contributed by atoms with Crippen molar-refractivity contribution in [3.05, 3.63) is 59.7 Å². The molecule has 2 aromatic rings. The highest BCUT2D eigenvalue weighted by Gasteiger charge is 2.21. The third kappa shape index (κ3) is 6.00. The van der Waals surface area contributed by atoms with E-state index in [1.165, 1.54) is 12.1 Å². The molecule has 0 aliphatic rings. The topological polar surface area (TPSA) is 84.5 Å². The first kappa shape index (κ1) is 20.8. The molecular formula is C18H20F2N2O4S. The summed E-state index contributed by atoms with van der Waals surface area (Å²) in [5.41, 5.74) is 2.12. The summed E-state index contributed by atoms with van der Waals surface area (Å²) in [5.74, 6) is -1.73. The maximum atomic E-state index is 13.6. The van der Waals surface area contributed by atoms with Crippen LogP contribution in [0.3, 0.4) is 0 Å². The van der Waals surface area contributed by atoms with E-state index in [0.29, 0.717) is 30.4 Å². The van der Waals surface area contributed by atoms with Crippen LogP contribution in [0.1, 0.15) is 30.6 Å². The van der Waals surface area contributed by atoms with E-state index in [4.69, 9.17) is 4.74 Å². The van der Waals surface area contributed by atoms with E-state index in [9.17, 15) is 22.0 Å². The minimum absolute atomic E-state index is 0.161. The predicted octanol–water partition coefficient (Wildman–Crippen LogP) is 3.01. The largest absolute Gasteiger partial charge is 0.494 e. The highest BCUT2D eigenvalue weighted by Crippen LogP contribution is 2.16. The van der Waals surface area contributed by atoms with Gasteiger partial charge in [-0.15, -0.1) is 4.83 Å². The molecule has 0 aliphatic carbocycles. The van der Waals surface area contributed by atoms with Crippen LogP contribution in [0.5, 0.6) is 5.75 Å². The molecule has 0 radical (unpaired) electrons. The van der Waals surface area contributed by atoms with Gasteiger partial charge in [-0.3, -0.25) is 10.2 Å². The van der Waals surface area contributed by atoms with Crippen molar-refractivity contribution in [3.63, 3.8) is 0 Å². The van der Waals surface area contributed by atoms with Gasteiger partial charge in [-0.1, -0.05) is 13.8 Å². The van der Waals surface area contributed by atoms with E-state index in [2.05, 4.69) is 13.8 Å². The molecule has 0 heterocycles. The van der Waals surface area contributed by atoms with Crippen molar-refractivity contribution in [3.8, 4) is 5.75 Å². The molecule has 9 heteroatoms. The van der Waals surface area contributed by atoms with Crippen LogP contribution in [0.2, 0.25) is 0 Å². The highest BCUT2D eigenvalue weighted by atomic mass is 32.2. The molecule has 2 rings (SSSR count). The fourth-order valence-corrected chi connectivity index (χ4v) is 2.97. The van der Waals surface area contributed by atoms with E-state index < -0.39 is 32.5 Å². The molecule has 2 aromatic carbocycles.